The van der Waals surface area contributed by atoms with E-state index in [9.17, 15) is 35.6 Å². The Morgan fingerprint density at radius 2 is 1.82 bits per heavy atom. The van der Waals surface area contributed by atoms with Crippen LogP contribution in [-0.2, 0) is 22.6 Å². The van der Waals surface area contributed by atoms with Crippen molar-refractivity contribution < 1.29 is 26.0 Å². The number of aromatic amines is 1. The molecule has 4 aromatic rings. The lowest BCUT2D eigenvalue weighted by Crippen LogP contribution is -2.27. The Hall–Kier alpha value is -4.14. The molecule has 39 heavy (non-hydrogen) atoms. The van der Waals surface area contributed by atoms with Crippen LogP contribution in [0.3, 0.4) is 0 Å². The second-order valence-corrected chi connectivity index (χ2v) is 10.9. The molecule has 4 rings (SSSR count). The van der Waals surface area contributed by atoms with Crippen molar-refractivity contribution in [2.75, 3.05) is 11.6 Å². The third-order valence-corrected chi connectivity index (χ3v) is 7.01. The number of nitrogens with zero attached hydrogens (tertiary/aromatic N) is 4. The van der Waals surface area contributed by atoms with Crippen LogP contribution in [0.5, 0.6) is 0 Å². The van der Waals surface area contributed by atoms with E-state index in [0.29, 0.717) is 18.2 Å². The van der Waals surface area contributed by atoms with Gasteiger partial charge < -0.3 is 9.88 Å². The van der Waals surface area contributed by atoms with Crippen molar-refractivity contribution in [3.8, 4) is 11.4 Å². The van der Waals surface area contributed by atoms with Crippen LogP contribution >= 0.6 is 0 Å². The normalized spacial score (nSPS) is 13.0. The van der Waals surface area contributed by atoms with Crippen LogP contribution in [0.4, 0.5) is 23.2 Å². The predicted molar refractivity (Wildman–Crippen MR) is 134 cm³/mol. The Morgan fingerprint density at radius 1 is 1.13 bits per heavy atom. The third-order valence-electron chi connectivity index (χ3n) is 5.94. The molecule has 1 atom stereocenters. The highest BCUT2D eigenvalue weighted by molar-refractivity contribution is 7.90. The first-order valence-electron chi connectivity index (χ1n) is 11.5. The highest BCUT2D eigenvalue weighted by atomic mass is 32.2. The van der Waals surface area contributed by atoms with E-state index in [-0.39, 0.29) is 28.2 Å². The van der Waals surface area contributed by atoms with E-state index in [1.165, 1.54) is 16.8 Å². The fraction of sp³-hybridized carbons (Fsp3) is 0.292. The van der Waals surface area contributed by atoms with Gasteiger partial charge in [-0.15, -0.1) is 0 Å². The number of pyridine rings is 1. The molecule has 206 valence electrons. The number of H-pyrrole nitrogens is 1. The Balaban J connectivity index is 1.48. The van der Waals surface area contributed by atoms with Gasteiger partial charge in [-0.1, -0.05) is 0 Å². The Kier molecular flexibility index (Phi) is 7.54. The molecule has 0 fully saturated rings. The maximum atomic E-state index is 14.9. The van der Waals surface area contributed by atoms with E-state index in [2.05, 4.69) is 20.4 Å². The van der Waals surface area contributed by atoms with Gasteiger partial charge in [0.05, 0.1) is 22.8 Å². The van der Waals surface area contributed by atoms with Crippen molar-refractivity contribution in [1.29, 1.82) is 0 Å². The molecule has 3 aromatic heterocycles. The van der Waals surface area contributed by atoms with E-state index >= 15 is 0 Å². The molecule has 0 aliphatic heterocycles. The summed E-state index contributed by atoms with van der Waals surface area (Å²) >= 11 is 0. The zero-order chi connectivity index (χ0) is 28.5. The van der Waals surface area contributed by atoms with Gasteiger partial charge in [0.25, 0.3) is 11.1 Å². The van der Waals surface area contributed by atoms with E-state index in [1.807, 2.05) is 0 Å². The number of hydrogen-bond acceptors (Lipinski definition) is 8. The number of benzene rings is 1. The summed E-state index contributed by atoms with van der Waals surface area (Å²) < 4.78 is 79.2. The molecule has 0 bridgehead atoms. The van der Waals surface area contributed by atoms with E-state index < -0.39 is 50.2 Å². The lowest BCUT2D eigenvalue weighted by molar-refractivity contribution is -0.138. The number of alkyl halides is 3. The number of nitrogens with one attached hydrogen (secondary N) is 2. The number of hydrogen-bond donors (Lipinski definition) is 2. The quantitative estimate of drug-likeness (QED) is 0.310. The average molecular weight is 567 g/mol. The van der Waals surface area contributed by atoms with Gasteiger partial charge in [0.15, 0.2) is 15.7 Å². The fourth-order valence-corrected chi connectivity index (χ4v) is 4.48. The van der Waals surface area contributed by atoms with Gasteiger partial charge in [0.2, 0.25) is 0 Å². The predicted octanol–water partition coefficient (Wildman–Crippen LogP) is 3.38. The summed E-state index contributed by atoms with van der Waals surface area (Å²) in [6.45, 7) is 1.84. The molecular formula is C24H22F4N6O4S. The van der Waals surface area contributed by atoms with Crippen molar-refractivity contribution in [2.45, 2.75) is 43.4 Å². The smallest absolute Gasteiger partial charge is 0.381 e. The molecule has 0 saturated heterocycles. The number of fused-ring (bicyclic) bond motifs is 1. The Morgan fingerprint density at radius 3 is 2.46 bits per heavy atom. The van der Waals surface area contributed by atoms with E-state index in [4.69, 9.17) is 0 Å². The minimum Gasteiger partial charge on any atom is -0.381 e. The molecule has 0 aliphatic carbocycles. The molecule has 10 nitrogen and oxygen atoms in total. The van der Waals surface area contributed by atoms with Gasteiger partial charge in [-0.3, -0.25) is 9.59 Å². The van der Waals surface area contributed by atoms with Gasteiger partial charge >= 0.3 is 6.18 Å². The lowest BCUT2D eigenvalue weighted by atomic mass is 10.1. The maximum Gasteiger partial charge on any atom is 0.423 e. The van der Waals surface area contributed by atoms with Crippen molar-refractivity contribution >= 4 is 26.3 Å². The highest BCUT2D eigenvalue weighted by Gasteiger charge is 2.37. The summed E-state index contributed by atoms with van der Waals surface area (Å²) in [5, 5.41) is 8.35. The summed E-state index contributed by atoms with van der Waals surface area (Å²) in [6.07, 6.45) is 1.43. The van der Waals surface area contributed by atoms with Gasteiger partial charge in [0, 0.05) is 37.4 Å². The number of anilines is 1. The van der Waals surface area contributed by atoms with Crippen molar-refractivity contribution in [2.24, 2.45) is 0 Å². The Bertz CT molecular complexity index is 1750. The van der Waals surface area contributed by atoms with Gasteiger partial charge in [-0.05, 0) is 43.4 Å². The molecule has 0 aliphatic rings. The van der Waals surface area contributed by atoms with Gasteiger partial charge in [0.1, 0.15) is 16.3 Å². The maximum absolute atomic E-state index is 14.9. The summed E-state index contributed by atoms with van der Waals surface area (Å²) in [5.41, 5.74) is -3.64. The molecular weight excluding hydrogens is 544 g/mol. The standard InChI is InChI=1S/C24H22F4N6O4S/c1-13(32-19-12-31-33-22(35)20(19)24(26,27)28)4-3-6-34-7-5-14-8-17(18(25)9-16(14)23(34)36)21-29-10-15(11-30-21)39(2,37)38/h5,7-13H,3-4,6H2,1-2H3,(H2,32,33,35)/t13-/m0/s1. The first-order valence-corrected chi connectivity index (χ1v) is 13.4. The van der Waals surface area contributed by atoms with E-state index in [1.54, 1.807) is 18.1 Å². The largest absolute Gasteiger partial charge is 0.423 e. The zero-order valence-corrected chi connectivity index (χ0v) is 21.4. The second kappa shape index (κ2) is 10.6. The zero-order valence-electron chi connectivity index (χ0n) is 20.6. The molecule has 0 radical (unpaired) electrons. The van der Waals surface area contributed by atoms with E-state index in [0.717, 1.165) is 30.9 Å². The fourth-order valence-electron chi connectivity index (χ4n) is 3.99. The monoisotopic (exact) mass is 566 g/mol. The van der Waals surface area contributed by atoms with Crippen LogP contribution in [0, 0.1) is 5.82 Å². The highest BCUT2D eigenvalue weighted by Crippen LogP contribution is 2.32. The summed E-state index contributed by atoms with van der Waals surface area (Å²) in [5.74, 6) is -0.814. The topological polar surface area (TPSA) is 140 Å². The number of aromatic nitrogens is 5. The van der Waals surface area contributed by atoms with Crippen molar-refractivity contribution in [3.63, 3.8) is 0 Å². The van der Waals surface area contributed by atoms with Crippen LogP contribution < -0.4 is 16.4 Å². The Labute approximate surface area is 218 Å². The van der Waals surface area contributed by atoms with Crippen LogP contribution in [0.1, 0.15) is 25.3 Å². The van der Waals surface area contributed by atoms with Crippen LogP contribution in [0.15, 0.2) is 57.5 Å². The first kappa shape index (κ1) is 27.9. The molecule has 3 heterocycles. The average Bonchev–Trinajstić information content (AvgIpc) is 2.84. The summed E-state index contributed by atoms with van der Waals surface area (Å²) in [4.78, 5) is 32.3. The van der Waals surface area contributed by atoms with Crippen molar-refractivity contribution in [3.05, 3.63) is 75.1 Å². The molecule has 0 spiro atoms. The molecule has 0 amide bonds. The lowest BCUT2D eigenvalue weighted by Gasteiger charge is -2.18. The molecule has 15 heteroatoms. The summed E-state index contributed by atoms with van der Waals surface area (Å²) in [7, 11) is -3.52. The summed E-state index contributed by atoms with van der Waals surface area (Å²) in [6, 6.07) is 3.56. The second-order valence-electron chi connectivity index (χ2n) is 8.92. The minimum atomic E-state index is -4.86. The molecule has 1 aromatic carbocycles. The van der Waals surface area contributed by atoms with Gasteiger partial charge in [-0.25, -0.2) is 27.9 Å². The van der Waals surface area contributed by atoms with Gasteiger partial charge in [-0.2, -0.15) is 18.3 Å². The number of sulfone groups is 1. The molecule has 2 N–H and O–H groups in total. The number of rotatable bonds is 8. The number of aryl methyl sites for hydroxylation is 1. The van der Waals surface area contributed by atoms with Crippen molar-refractivity contribution in [1.82, 2.24) is 24.7 Å². The SMILES string of the molecule is C[C@@H](CCCn1ccc2cc(-c3ncc(S(C)(=O)=O)cn3)c(F)cc2c1=O)Nc1cn[nH]c(=O)c1C(F)(F)F. The first-order chi connectivity index (χ1) is 18.3. The third kappa shape index (κ3) is 6.13. The van der Waals surface area contributed by atoms with Crippen LogP contribution in [0.2, 0.25) is 0 Å². The molecule has 0 unspecified atom stereocenters. The van der Waals surface area contributed by atoms with Crippen LogP contribution in [0.25, 0.3) is 22.2 Å². The number of halogens is 4. The van der Waals surface area contributed by atoms with Crippen LogP contribution in [-0.4, -0.2) is 45.4 Å². The minimum absolute atomic E-state index is 0.00735. The molecule has 0 saturated carbocycles.